The number of fused-ring (bicyclic) bond motifs is 1. The number of aromatic amines is 1. The molecule has 2 aromatic rings. The maximum atomic E-state index is 12.7. The van der Waals surface area contributed by atoms with Gasteiger partial charge in [0.05, 0.1) is 5.56 Å². The number of hydrogen-bond donors (Lipinski definition) is 2. The van der Waals surface area contributed by atoms with Gasteiger partial charge in [0.2, 0.25) is 5.95 Å². The molecule has 0 atom stereocenters. The molecule has 2 aromatic heterocycles. The topological polar surface area (TPSA) is 73.9 Å². The van der Waals surface area contributed by atoms with Crippen LogP contribution in [0, 0.1) is 0 Å². The Morgan fingerprint density at radius 1 is 1.41 bits per heavy atom. The largest absolute Gasteiger partial charge is 0.351 e. The quantitative estimate of drug-likeness (QED) is 0.904. The minimum atomic E-state index is -2.81. The van der Waals surface area contributed by atoms with E-state index in [9.17, 15) is 13.6 Å². The first-order valence-electron chi connectivity index (χ1n) is 7.16. The van der Waals surface area contributed by atoms with Gasteiger partial charge in [-0.25, -0.2) is 13.8 Å². The molecule has 3 rings (SSSR count). The lowest BCUT2D eigenvalue weighted by atomic mass is 10.1. The van der Waals surface area contributed by atoms with Crippen molar-refractivity contribution in [1.82, 2.24) is 19.9 Å². The third kappa shape index (κ3) is 3.06. The van der Waals surface area contributed by atoms with Crippen LogP contribution in [0.1, 0.15) is 24.8 Å². The van der Waals surface area contributed by atoms with Gasteiger partial charge in [-0.15, -0.1) is 0 Å². The maximum absolute atomic E-state index is 12.7. The highest BCUT2D eigenvalue weighted by Crippen LogP contribution is 2.19. The van der Waals surface area contributed by atoms with Crippen LogP contribution in [0.5, 0.6) is 0 Å². The first-order chi connectivity index (χ1) is 10.5. The Labute approximate surface area is 125 Å². The van der Waals surface area contributed by atoms with E-state index in [4.69, 9.17) is 0 Å². The molecule has 0 saturated carbocycles. The van der Waals surface area contributed by atoms with E-state index in [-0.39, 0.29) is 11.7 Å². The summed E-state index contributed by atoms with van der Waals surface area (Å²) in [5, 5.41) is 3.62. The Morgan fingerprint density at radius 2 is 2.14 bits per heavy atom. The van der Waals surface area contributed by atoms with Crippen molar-refractivity contribution in [2.75, 3.05) is 25.5 Å². The van der Waals surface area contributed by atoms with Crippen LogP contribution in [0.2, 0.25) is 0 Å². The molecule has 0 aromatic carbocycles. The fourth-order valence-electron chi connectivity index (χ4n) is 2.58. The molecule has 0 unspecified atom stereocenters. The van der Waals surface area contributed by atoms with E-state index in [1.165, 1.54) is 6.20 Å². The number of rotatable bonds is 3. The van der Waals surface area contributed by atoms with Crippen molar-refractivity contribution >= 4 is 17.0 Å². The van der Waals surface area contributed by atoms with Gasteiger partial charge in [0.15, 0.2) is 0 Å². The predicted molar refractivity (Wildman–Crippen MR) is 79.3 cm³/mol. The third-order valence-corrected chi connectivity index (χ3v) is 3.91. The molecule has 0 spiro atoms. The summed E-state index contributed by atoms with van der Waals surface area (Å²) in [4.78, 5) is 24.6. The van der Waals surface area contributed by atoms with Crippen LogP contribution in [0.25, 0.3) is 11.0 Å². The third-order valence-electron chi connectivity index (χ3n) is 3.91. The van der Waals surface area contributed by atoms with Gasteiger partial charge in [-0.2, -0.15) is 4.98 Å². The summed E-state index contributed by atoms with van der Waals surface area (Å²) in [7, 11) is 2.08. The van der Waals surface area contributed by atoms with Crippen molar-refractivity contribution in [2.45, 2.75) is 25.3 Å². The van der Waals surface area contributed by atoms with E-state index in [1.54, 1.807) is 0 Å². The number of pyridine rings is 1. The number of likely N-dealkylation sites (tertiary alicyclic amines) is 1. The van der Waals surface area contributed by atoms with Gasteiger partial charge < -0.3 is 15.2 Å². The smallest absolute Gasteiger partial charge is 0.269 e. The van der Waals surface area contributed by atoms with E-state index >= 15 is 0 Å². The van der Waals surface area contributed by atoms with Gasteiger partial charge in [-0.05, 0) is 39.0 Å². The number of H-pyrrole nitrogens is 1. The molecule has 1 aliphatic heterocycles. The lowest BCUT2D eigenvalue weighted by molar-refractivity contribution is 0.150. The van der Waals surface area contributed by atoms with Crippen molar-refractivity contribution < 1.29 is 8.78 Å². The van der Waals surface area contributed by atoms with Crippen LogP contribution < -0.4 is 10.9 Å². The lowest BCUT2D eigenvalue weighted by Crippen LogP contribution is -2.37. The Hall–Kier alpha value is -2.09. The average Bonchev–Trinajstić information content (AvgIpc) is 2.48. The average molecular weight is 309 g/mol. The summed E-state index contributed by atoms with van der Waals surface area (Å²) in [5.41, 5.74) is -1.11. The summed E-state index contributed by atoms with van der Waals surface area (Å²) in [5.74, 6) is 0.405. The van der Waals surface area contributed by atoms with Gasteiger partial charge in [-0.3, -0.25) is 4.79 Å². The first kappa shape index (κ1) is 14.8. The fraction of sp³-hybridized carbons (Fsp3) is 0.500. The van der Waals surface area contributed by atoms with Crippen LogP contribution in [0.4, 0.5) is 14.7 Å². The van der Waals surface area contributed by atoms with Gasteiger partial charge >= 0.3 is 0 Å². The molecule has 1 aliphatic rings. The van der Waals surface area contributed by atoms with Gasteiger partial charge in [0, 0.05) is 17.6 Å². The number of nitrogens with zero attached hydrogens (tertiary/aromatic N) is 3. The van der Waals surface area contributed by atoms with E-state index in [1.807, 2.05) is 0 Å². The van der Waals surface area contributed by atoms with Gasteiger partial charge in [0.1, 0.15) is 5.65 Å². The molecule has 0 radical (unpaired) electrons. The molecular formula is C14H17F2N5O. The van der Waals surface area contributed by atoms with Crippen molar-refractivity contribution in [1.29, 1.82) is 0 Å². The van der Waals surface area contributed by atoms with Crippen LogP contribution in [0.3, 0.4) is 0 Å². The van der Waals surface area contributed by atoms with Gasteiger partial charge in [0.25, 0.3) is 12.0 Å². The Morgan fingerprint density at radius 3 is 2.82 bits per heavy atom. The van der Waals surface area contributed by atoms with Crippen LogP contribution in [0.15, 0.2) is 17.1 Å². The van der Waals surface area contributed by atoms with Crippen LogP contribution in [-0.2, 0) is 0 Å². The van der Waals surface area contributed by atoms with Crippen molar-refractivity contribution in [3.8, 4) is 0 Å². The predicted octanol–water partition coefficient (Wildman–Crippen LogP) is 1.76. The number of hydrogen-bond acceptors (Lipinski definition) is 5. The highest BCUT2D eigenvalue weighted by molar-refractivity contribution is 5.75. The molecule has 2 N–H and O–H groups in total. The van der Waals surface area contributed by atoms with E-state index in [2.05, 4.69) is 32.2 Å². The number of nitrogens with one attached hydrogen (secondary N) is 2. The molecule has 8 heteroatoms. The maximum Gasteiger partial charge on any atom is 0.269 e. The molecule has 1 fully saturated rings. The van der Waals surface area contributed by atoms with E-state index in [0.717, 1.165) is 32.0 Å². The molecule has 22 heavy (non-hydrogen) atoms. The zero-order chi connectivity index (χ0) is 15.7. The molecule has 0 amide bonds. The summed E-state index contributed by atoms with van der Waals surface area (Å²) >= 11 is 0. The summed E-state index contributed by atoms with van der Waals surface area (Å²) in [6.07, 6.45) is 0.601. The molecule has 0 aliphatic carbocycles. The highest BCUT2D eigenvalue weighted by Gasteiger charge is 2.18. The molecule has 0 bridgehead atoms. The number of aromatic nitrogens is 3. The van der Waals surface area contributed by atoms with Crippen molar-refractivity contribution in [3.05, 3.63) is 28.2 Å². The molecular weight excluding hydrogens is 292 g/mol. The molecule has 118 valence electrons. The normalized spacial score (nSPS) is 17.3. The summed E-state index contributed by atoms with van der Waals surface area (Å²) < 4.78 is 25.4. The highest BCUT2D eigenvalue weighted by atomic mass is 19.3. The number of halogens is 2. The van der Waals surface area contributed by atoms with Crippen LogP contribution in [-0.4, -0.2) is 46.0 Å². The van der Waals surface area contributed by atoms with Crippen LogP contribution >= 0.6 is 0 Å². The van der Waals surface area contributed by atoms with Crippen molar-refractivity contribution in [3.63, 3.8) is 0 Å². The zero-order valence-electron chi connectivity index (χ0n) is 12.1. The first-order valence-corrected chi connectivity index (χ1v) is 7.16. The zero-order valence-corrected chi connectivity index (χ0v) is 12.1. The molecule has 1 saturated heterocycles. The standard InChI is InChI=1S/C14H17F2N5O/c1-21-4-2-9(3-5-21)18-14-17-7-8-6-10(11(15)16)13(22)19-12(8)20-14/h6-7,9,11H,2-5H2,1H3,(H2,17,18,19,20,22). The Balaban J connectivity index is 1.84. The molecule has 3 heterocycles. The minimum Gasteiger partial charge on any atom is -0.351 e. The number of anilines is 1. The second kappa shape index (κ2) is 5.96. The summed E-state index contributed by atoms with van der Waals surface area (Å²) in [6.45, 7) is 2.00. The van der Waals surface area contributed by atoms with Gasteiger partial charge in [-0.1, -0.05) is 0 Å². The second-order valence-electron chi connectivity index (χ2n) is 5.57. The SMILES string of the molecule is CN1CCC(Nc2ncc3cc(C(F)F)c(=O)[nH]c3n2)CC1. The minimum absolute atomic E-state index is 0.264. The Kier molecular flexibility index (Phi) is 4.02. The summed E-state index contributed by atoms with van der Waals surface area (Å²) in [6, 6.07) is 1.42. The second-order valence-corrected chi connectivity index (χ2v) is 5.57. The van der Waals surface area contributed by atoms with E-state index in [0.29, 0.717) is 11.3 Å². The lowest BCUT2D eigenvalue weighted by Gasteiger charge is -2.29. The Bertz CT molecular complexity index is 725. The molecule has 6 nitrogen and oxygen atoms in total. The monoisotopic (exact) mass is 309 g/mol. The fourth-order valence-corrected chi connectivity index (χ4v) is 2.58. The number of piperidine rings is 1. The number of alkyl halides is 2. The van der Waals surface area contributed by atoms with Crippen molar-refractivity contribution in [2.24, 2.45) is 0 Å². The van der Waals surface area contributed by atoms with E-state index < -0.39 is 17.5 Å².